The number of carbonyl (C=O) groups excluding carboxylic acids is 1. The Labute approximate surface area is 151 Å². The van der Waals surface area contributed by atoms with Crippen LogP contribution in [0.15, 0.2) is 24.3 Å². The van der Waals surface area contributed by atoms with Gasteiger partial charge >= 0.3 is 0 Å². The number of amides is 1. The van der Waals surface area contributed by atoms with Gasteiger partial charge in [0.15, 0.2) is 0 Å². The van der Waals surface area contributed by atoms with Gasteiger partial charge in [0.05, 0.1) is 5.92 Å². The summed E-state index contributed by atoms with van der Waals surface area (Å²) in [6.07, 6.45) is 6.70. The van der Waals surface area contributed by atoms with E-state index < -0.39 is 0 Å². The summed E-state index contributed by atoms with van der Waals surface area (Å²) in [5.74, 6) is 0.465. The Morgan fingerprint density at radius 2 is 1.72 bits per heavy atom. The van der Waals surface area contributed by atoms with E-state index in [1.807, 2.05) is 0 Å². The maximum absolute atomic E-state index is 12.8. The summed E-state index contributed by atoms with van der Waals surface area (Å²) < 4.78 is 0. The monoisotopic (exact) mass is 341 g/mol. The van der Waals surface area contributed by atoms with Crippen molar-refractivity contribution in [1.82, 2.24) is 15.1 Å². The second-order valence-corrected chi connectivity index (χ2v) is 8.25. The molecule has 3 aliphatic rings. The molecule has 4 rings (SSSR count). The van der Waals surface area contributed by atoms with Gasteiger partial charge in [-0.15, -0.1) is 0 Å². The fourth-order valence-corrected chi connectivity index (χ4v) is 4.89. The molecular weight excluding hydrogens is 310 g/mol. The molecule has 0 unspecified atom stereocenters. The number of piperidine rings is 2. The SMILES string of the molecule is CN1CCC(N2CCC[C@@H](C(=O)NC3Cc4ccccc4C3)C2)CC1. The van der Waals surface area contributed by atoms with Gasteiger partial charge in [0.1, 0.15) is 0 Å². The molecule has 1 N–H and O–H groups in total. The number of hydrogen-bond donors (Lipinski definition) is 1. The molecule has 4 nitrogen and oxygen atoms in total. The van der Waals surface area contributed by atoms with Gasteiger partial charge in [-0.05, 0) is 76.3 Å². The second-order valence-electron chi connectivity index (χ2n) is 8.25. The van der Waals surface area contributed by atoms with Gasteiger partial charge in [-0.25, -0.2) is 0 Å². The lowest BCUT2D eigenvalue weighted by Crippen LogP contribution is -2.51. The Bertz CT molecular complexity index is 584. The molecule has 0 radical (unpaired) electrons. The van der Waals surface area contributed by atoms with E-state index in [2.05, 4.69) is 46.4 Å². The zero-order chi connectivity index (χ0) is 17.2. The number of nitrogens with one attached hydrogen (secondary N) is 1. The van der Waals surface area contributed by atoms with Crippen LogP contribution >= 0.6 is 0 Å². The summed E-state index contributed by atoms with van der Waals surface area (Å²) in [7, 11) is 2.21. The van der Waals surface area contributed by atoms with Crippen molar-refractivity contribution in [2.24, 2.45) is 5.92 Å². The van der Waals surface area contributed by atoms with Gasteiger partial charge in [-0.1, -0.05) is 24.3 Å². The van der Waals surface area contributed by atoms with Crippen molar-refractivity contribution >= 4 is 5.91 Å². The highest BCUT2D eigenvalue weighted by Gasteiger charge is 2.32. The van der Waals surface area contributed by atoms with E-state index in [-0.39, 0.29) is 11.8 Å². The summed E-state index contributed by atoms with van der Waals surface area (Å²) in [4.78, 5) is 17.9. The zero-order valence-corrected chi connectivity index (χ0v) is 15.4. The van der Waals surface area contributed by atoms with Crippen LogP contribution in [0.1, 0.15) is 36.8 Å². The Kier molecular flexibility index (Phi) is 5.09. The molecule has 1 aromatic carbocycles. The summed E-state index contributed by atoms with van der Waals surface area (Å²) in [6, 6.07) is 9.58. The maximum atomic E-state index is 12.8. The van der Waals surface area contributed by atoms with Crippen molar-refractivity contribution in [3.05, 3.63) is 35.4 Å². The highest BCUT2D eigenvalue weighted by atomic mass is 16.2. The highest BCUT2D eigenvalue weighted by Crippen LogP contribution is 2.25. The summed E-state index contributed by atoms with van der Waals surface area (Å²) in [5, 5.41) is 3.35. The van der Waals surface area contributed by atoms with Crippen molar-refractivity contribution in [3.8, 4) is 0 Å². The number of rotatable bonds is 3. The molecule has 1 aromatic rings. The molecule has 0 spiro atoms. The van der Waals surface area contributed by atoms with Gasteiger partial charge < -0.3 is 10.2 Å². The minimum Gasteiger partial charge on any atom is -0.352 e. The molecule has 1 atom stereocenters. The number of fused-ring (bicyclic) bond motifs is 1. The van der Waals surface area contributed by atoms with Crippen LogP contribution < -0.4 is 5.32 Å². The Hall–Kier alpha value is -1.39. The first kappa shape index (κ1) is 17.0. The van der Waals surface area contributed by atoms with E-state index in [9.17, 15) is 4.79 Å². The summed E-state index contributed by atoms with van der Waals surface area (Å²) >= 11 is 0. The standard InChI is InChI=1S/C21H31N3O/c1-23-11-8-20(9-12-23)24-10-4-7-18(15-24)21(25)22-19-13-16-5-2-3-6-17(16)14-19/h2-3,5-6,18-20H,4,7-15H2,1H3,(H,22,25)/t18-/m1/s1. The van der Waals surface area contributed by atoms with Gasteiger partial charge in [0.2, 0.25) is 5.91 Å². The van der Waals surface area contributed by atoms with E-state index >= 15 is 0 Å². The van der Waals surface area contributed by atoms with Crippen LogP contribution in [0, 0.1) is 5.92 Å². The van der Waals surface area contributed by atoms with Crippen molar-refractivity contribution in [2.75, 3.05) is 33.2 Å². The molecule has 0 aromatic heterocycles. The average Bonchev–Trinajstić information content (AvgIpc) is 3.04. The van der Waals surface area contributed by atoms with Crippen molar-refractivity contribution in [2.45, 2.75) is 50.6 Å². The fraction of sp³-hybridized carbons (Fsp3) is 0.667. The lowest BCUT2D eigenvalue weighted by molar-refractivity contribution is -0.127. The first-order valence-corrected chi connectivity index (χ1v) is 9.99. The first-order chi connectivity index (χ1) is 12.2. The molecule has 2 saturated heterocycles. The Balaban J connectivity index is 1.30. The quantitative estimate of drug-likeness (QED) is 0.914. The zero-order valence-electron chi connectivity index (χ0n) is 15.4. The number of benzene rings is 1. The van der Waals surface area contributed by atoms with Crippen LogP contribution in [0.5, 0.6) is 0 Å². The van der Waals surface area contributed by atoms with E-state index in [0.29, 0.717) is 12.1 Å². The van der Waals surface area contributed by atoms with Crippen LogP contribution in [-0.4, -0.2) is 61.0 Å². The normalized spacial score (nSPS) is 26.5. The molecule has 4 heteroatoms. The third-order valence-corrected chi connectivity index (χ3v) is 6.43. The number of likely N-dealkylation sites (tertiary alicyclic amines) is 2. The summed E-state index contributed by atoms with van der Waals surface area (Å²) in [6.45, 7) is 4.52. The van der Waals surface area contributed by atoms with E-state index in [4.69, 9.17) is 0 Å². The molecular formula is C21H31N3O. The first-order valence-electron chi connectivity index (χ1n) is 9.99. The van der Waals surface area contributed by atoms with E-state index in [1.54, 1.807) is 0 Å². The number of hydrogen-bond acceptors (Lipinski definition) is 3. The molecule has 0 saturated carbocycles. The molecule has 2 aliphatic heterocycles. The predicted octanol–water partition coefficient (Wildman–Crippen LogP) is 2.08. The third-order valence-electron chi connectivity index (χ3n) is 6.43. The topological polar surface area (TPSA) is 35.6 Å². The molecule has 2 heterocycles. The lowest BCUT2D eigenvalue weighted by atomic mass is 9.93. The third kappa shape index (κ3) is 3.90. The van der Waals surface area contributed by atoms with E-state index in [0.717, 1.165) is 32.2 Å². The van der Waals surface area contributed by atoms with Crippen LogP contribution in [-0.2, 0) is 17.6 Å². The maximum Gasteiger partial charge on any atom is 0.224 e. The molecule has 136 valence electrons. The molecule has 2 fully saturated rings. The fourth-order valence-electron chi connectivity index (χ4n) is 4.89. The largest absolute Gasteiger partial charge is 0.352 e. The molecule has 1 aliphatic carbocycles. The highest BCUT2D eigenvalue weighted by molar-refractivity contribution is 5.79. The number of carbonyl (C=O) groups is 1. The van der Waals surface area contributed by atoms with Crippen molar-refractivity contribution < 1.29 is 4.79 Å². The summed E-state index contributed by atoms with van der Waals surface area (Å²) in [5.41, 5.74) is 2.81. The van der Waals surface area contributed by atoms with Crippen LogP contribution in [0.25, 0.3) is 0 Å². The van der Waals surface area contributed by atoms with E-state index in [1.165, 1.54) is 43.6 Å². The Morgan fingerprint density at radius 3 is 2.40 bits per heavy atom. The van der Waals surface area contributed by atoms with Gasteiger partial charge in [0, 0.05) is 18.6 Å². The average molecular weight is 341 g/mol. The molecule has 0 bridgehead atoms. The minimum atomic E-state index is 0.178. The van der Waals surface area contributed by atoms with Crippen LogP contribution in [0.4, 0.5) is 0 Å². The molecule has 25 heavy (non-hydrogen) atoms. The van der Waals surface area contributed by atoms with Gasteiger partial charge in [0.25, 0.3) is 0 Å². The lowest BCUT2D eigenvalue weighted by Gasteiger charge is -2.41. The Morgan fingerprint density at radius 1 is 1.04 bits per heavy atom. The van der Waals surface area contributed by atoms with Gasteiger partial charge in [-0.3, -0.25) is 9.69 Å². The smallest absolute Gasteiger partial charge is 0.224 e. The van der Waals surface area contributed by atoms with Crippen LogP contribution in [0.3, 0.4) is 0 Å². The predicted molar refractivity (Wildman–Crippen MR) is 101 cm³/mol. The van der Waals surface area contributed by atoms with Crippen molar-refractivity contribution in [1.29, 1.82) is 0 Å². The van der Waals surface area contributed by atoms with Crippen LogP contribution in [0.2, 0.25) is 0 Å². The van der Waals surface area contributed by atoms with Crippen molar-refractivity contribution in [3.63, 3.8) is 0 Å². The minimum absolute atomic E-state index is 0.178. The molecule has 1 amide bonds. The van der Waals surface area contributed by atoms with Gasteiger partial charge in [-0.2, -0.15) is 0 Å². The second kappa shape index (κ2) is 7.46. The number of nitrogens with zero attached hydrogens (tertiary/aromatic N) is 2.